The zero-order valence-corrected chi connectivity index (χ0v) is 3.87. The van der Waals surface area contributed by atoms with Gasteiger partial charge in [0.15, 0.2) is 0 Å². The monoisotopic (exact) mass is 92.0 g/mol. The SMILES string of the molecule is CP1(=O)CO1. The maximum Gasteiger partial charge on any atom is 0.226 e. The van der Waals surface area contributed by atoms with Crippen molar-refractivity contribution in [2.45, 2.75) is 0 Å². The van der Waals surface area contributed by atoms with Crippen LogP contribution in [0.15, 0.2) is 0 Å². The molecule has 0 spiro atoms. The van der Waals surface area contributed by atoms with Crippen LogP contribution in [0.25, 0.3) is 0 Å². The van der Waals surface area contributed by atoms with E-state index in [0.29, 0.717) is 6.35 Å². The molecule has 1 saturated heterocycles. The maximum absolute atomic E-state index is 10.1. The van der Waals surface area contributed by atoms with Gasteiger partial charge in [-0.05, 0) is 0 Å². The van der Waals surface area contributed by atoms with E-state index in [0.717, 1.165) is 0 Å². The smallest absolute Gasteiger partial charge is 0.226 e. The lowest BCUT2D eigenvalue weighted by Gasteiger charge is -1.60. The summed E-state index contributed by atoms with van der Waals surface area (Å²) >= 11 is 0. The minimum Gasteiger partial charge on any atom is -0.317 e. The third-order valence-corrected chi connectivity index (χ3v) is 1.48. The van der Waals surface area contributed by atoms with Gasteiger partial charge in [0.05, 0.1) is 0 Å². The van der Waals surface area contributed by atoms with E-state index in [1.165, 1.54) is 0 Å². The van der Waals surface area contributed by atoms with Gasteiger partial charge in [0, 0.05) is 6.66 Å². The highest BCUT2D eigenvalue weighted by Crippen LogP contribution is 2.58. The molecule has 1 heterocycles. The quantitative estimate of drug-likeness (QED) is 0.328. The van der Waals surface area contributed by atoms with E-state index in [4.69, 9.17) is 0 Å². The molecule has 0 aromatic heterocycles. The van der Waals surface area contributed by atoms with Gasteiger partial charge < -0.3 is 4.52 Å². The van der Waals surface area contributed by atoms with Crippen LogP contribution in [0.5, 0.6) is 0 Å². The minimum atomic E-state index is -1.89. The van der Waals surface area contributed by atoms with Crippen LogP contribution in [0, 0.1) is 0 Å². The summed E-state index contributed by atoms with van der Waals surface area (Å²) in [5.74, 6) is 0. The zero-order chi connectivity index (χ0) is 3.91. The molecule has 1 atom stereocenters. The van der Waals surface area contributed by atoms with Gasteiger partial charge >= 0.3 is 0 Å². The lowest BCUT2D eigenvalue weighted by Crippen LogP contribution is -1.34. The van der Waals surface area contributed by atoms with Crippen molar-refractivity contribution in [1.82, 2.24) is 0 Å². The fraction of sp³-hybridized carbons (Fsp3) is 1.00. The van der Waals surface area contributed by atoms with Gasteiger partial charge in [-0.2, -0.15) is 0 Å². The van der Waals surface area contributed by atoms with E-state index in [9.17, 15) is 4.57 Å². The molecule has 1 aliphatic heterocycles. The van der Waals surface area contributed by atoms with Crippen LogP contribution in [0.1, 0.15) is 0 Å². The molecule has 0 aliphatic carbocycles. The van der Waals surface area contributed by atoms with Gasteiger partial charge in [-0.15, -0.1) is 0 Å². The predicted molar refractivity (Wildman–Crippen MR) is 19.5 cm³/mol. The highest BCUT2D eigenvalue weighted by atomic mass is 31.2. The Balaban J connectivity index is 2.72. The maximum atomic E-state index is 10.1. The van der Waals surface area contributed by atoms with Crippen molar-refractivity contribution in [3.8, 4) is 0 Å². The molecule has 30 valence electrons. The second kappa shape index (κ2) is 0.636. The van der Waals surface area contributed by atoms with E-state index >= 15 is 0 Å². The van der Waals surface area contributed by atoms with Gasteiger partial charge in [0.1, 0.15) is 6.35 Å². The summed E-state index contributed by atoms with van der Waals surface area (Å²) in [4.78, 5) is 0. The Hall–Kier alpha value is 0.190. The average molecular weight is 92.0 g/mol. The highest BCUT2D eigenvalue weighted by molar-refractivity contribution is 7.63. The Morgan fingerprint density at radius 3 is 2.20 bits per heavy atom. The summed E-state index contributed by atoms with van der Waals surface area (Å²) in [6.45, 7) is 1.63. The summed E-state index contributed by atoms with van der Waals surface area (Å²) < 4.78 is 14.6. The molecule has 1 fully saturated rings. The highest BCUT2D eigenvalue weighted by Gasteiger charge is 2.30. The van der Waals surface area contributed by atoms with Crippen LogP contribution in [0.3, 0.4) is 0 Å². The van der Waals surface area contributed by atoms with Gasteiger partial charge in [0.25, 0.3) is 0 Å². The molecule has 0 aromatic carbocycles. The summed E-state index contributed by atoms with van der Waals surface area (Å²) in [5, 5.41) is 0. The lowest BCUT2D eigenvalue weighted by atomic mass is 11.7. The van der Waals surface area contributed by atoms with Gasteiger partial charge in [-0.1, -0.05) is 0 Å². The molecular weight excluding hydrogens is 87.0 g/mol. The molecule has 1 aliphatic rings. The van der Waals surface area contributed by atoms with Crippen molar-refractivity contribution in [3.05, 3.63) is 0 Å². The molecule has 0 radical (unpaired) electrons. The summed E-state index contributed by atoms with van der Waals surface area (Å²) in [6.07, 6.45) is 0.507. The van der Waals surface area contributed by atoms with Crippen LogP contribution < -0.4 is 0 Å². The summed E-state index contributed by atoms with van der Waals surface area (Å²) in [5.41, 5.74) is 0. The predicted octanol–water partition coefficient (Wildman–Crippen LogP) is 0.882. The number of hydrogen-bond donors (Lipinski definition) is 0. The molecule has 1 unspecified atom stereocenters. The van der Waals surface area contributed by atoms with E-state index in [1.54, 1.807) is 6.66 Å². The van der Waals surface area contributed by atoms with Crippen LogP contribution in [-0.4, -0.2) is 13.0 Å². The Bertz CT molecular complexity index is 79.6. The summed E-state index contributed by atoms with van der Waals surface area (Å²) in [7, 11) is -1.89. The standard InChI is InChI=1S/C2H5O2P/c1-5(3)2-4-5/h2H2,1H3. The van der Waals surface area contributed by atoms with Gasteiger partial charge in [-0.25, -0.2) is 0 Å². The molecule has 0 aromatic rings. The molecule has 1 rings (SSSR count). The van der Waals surface area contributed by atoms with Crippen molar-refractivity contribution in [2.75, 3.05) is 13.0 Å². The Morgan fingerprint density at radius 1 is 2.00 bits per heavy atom. The van der Waals surface area contributed by atoms with Crippen LogP contribution >= 0.6 is 7.37 Å². The van der Waals surface area contributed by atoms with Crippen molar-refractivity contribution in [2.24, 2.45) is 0 Å². The minimum absolute atomic E-state index is 0.507. The van der Waals surface area contributed by atoms with Crippen molar-refractivity contribution in [1.29, 1.82) is 0 Å². The second-order valence-electron chi connectivity index (χ2n) is 1.27. The first kappa shape index (κ1) is 3.38. The van der Waals surface area contributed by atoms with Gasteiger partial charge in [-0.3, -0.25) is 4.57 Å². The molecule has 3 heteroatoms. The van der Waals surface area contributed by atoms with Gasteiger partial charge in [0.2, 0.25) is 7.37 Å². The fourth-order valence-electron chi connectivity index (χ4n) is 0.0813. The molecular formula is C2H5O2P. The average Bonchev–Trinajstić information content (AvgIpc) is 1.76. The van der Waals surface area contributed by atoms with Crippen LogP contribution in [0.2, 0.25) is 0 Å². The number of rotatable bonds is 0. The topological polar surface area (TPSA) is 29.6 Å². The molecule has 0 bridgehead atoms. The third-order valence-electron chi connectivity index (χ3n) is 0.493. The molecule has 0 saturated carbocycles. The molecule has 0 amide bonds. The normalized spacial score (nSPS) is 49.0. The largest absolute Gasteiger partial charge is 0.317 e. The Labute approximate surface area is 30.6 Å². The molecule has 0 N–H and O–H groups in total. The van der Waals surface area contributed by atoms with Crippen molar-refractivity contribution in [3.63, 3.8) is 0 Å². The van der Waals surface area contributed by atoms with E-state index in [2.05, 4.69) is 4.52 Å². The van der Waals surface area contributed by atoms with E-state index in [1.807, 2.05) is 0 Å². The Kier molecular flexibility index (Phi) is 0.430. The molecule has 2 nitrogen and oxygen atoms in total. The first-order chi connectivity index (χ1) is 2.21. The second-order valence-corrected chi connectivity index (χ2v) is 3.82. The third kappa shape index (κ3) is 0.746. The molecule has 5 heavy (non-hydrogen) atoms. The van der Waals surface area contributed by atoms with Crippen molar-refractivity contribution < 1.29 is 9.09 Å². The number of hydrogen-bond acceptors (Lipinski definition) is 2. The lowest BCUT2D eigenvalue weighted by molar-refractivity contribution is 0.518. The van der Waals surface area contributed by atoms with E-state index < -0.39 is 7.37 Å². The Morgan fingerprint density at radius 2 is 2.20 bits per heavy atom. The first-order valence-corrected chi connectivity index (χ1v) is 3.67. The van der Waals surface area contributed by atoms with Crippen LogP contribution in [-0.2, 0) is 9.09 Å². The van der Waals surface area contributed by atoms with Crippen molar-refractivity contribution >= 4 is 7.37 Å². The zero-order valence-electron chi connectivity index (χ0n) is 2.97. The fourth-order valence-corrected chi connectivity index (χ4v) is 0.732. The van der Waals surface area contributed by atoms with E-state index in [-0.39, 0.29) is 0 Å². The van der Waals surface area contributed by atoms with Crippen LogP contribution in [0.4, 0.5) is 0 Å². The summed E-state index contributed by atoms with van der Waals surface area (Å²) in [6, 6.07) is 0. The first-order valence-electron chi connectivity index (χ1n) is 1.42.